The predicted molar refractivity (Wildman–Crippen MR) is 85.9 cm³/mol. The summed E-state index contributed by atoms with van der Waals surface area (Å²) < 4.78 is 27.7. The average Bonchev–Trinajstić information content (AvgIpc) is 2.53. The Labute approximate surface area is 137 Å². The monoisotopic (exact) mass is 335 g/mol. The molecule has 2 rings (SSSR count). The lowest BCUT2D eigenvalue weighted by atomic mass is 10.0. The van der Waals surface area contributed by atoms with Crippen molar-refractivity contribution in [3.05, 3.63) is 29.8 Å². The standard InChI is InChI=1S/C16H21N3O3S/c1-12(2)16(20)19-9-5-7-14(11-19)18-23(21,22)15-8-4-3-6-13(15)10-17/h3-4,6,8,12,14,18H,5,7,9,11H2,1-2H3. The van der Waals surface area contributed by atoms with Gasteiger partial charge in [0, 0.05) is 25.0 Å². The van der Waals surface area contributed by atoms with Crippen molar-refractivity contribution in [2.24, 2.45) is 5.92 Å². The zero-order valence-corrected chi connectivity index (χ0v) is 14.1. The molecule has 1 heterocycles. The highest BCUT2D eigenvalue weighted by Gasteiger charge is 2.29. The zero-order chi connectivity index (χ0) is 17.0. The maximum atomic E-state index is 12.5. The van der Waals surface area contributed by atoms with Crippen molar-refractivity contribution in [3.63, 3.8) is 0 Å². The van der Waals surface area contributed by atoms with Gasteiger partial charge in [0.15, 0.2) is 0 Å². The molecular weight excluding hydrogens is 314 g/mol. The van der Waals surface area contributed by atoms with Gasteiger partial charge in [-0.15, -0.1) is 0 Å². The van der Waals surface area contributed by atoms with Gasteiger partial charge >= 0.3 is 0 Å². The lowest BCUT2D eigenvalue weighted by molar-refractivity contribution is -0.135. The van der Waals surface area contributed by atoms with E-state index in [2.05, 4.69) is 4.72 Å². The van der Waals surface area contributed by atoms with E-state index in [1.165, 1.54) is 12.1 Å². The second-order valence-corrected chi connectivity index (χ2v) is 7.69. The van der Waals surface area contributed by atoms with Crippen LogP contribution in [0.1, 0.15) is 32.3 Å². The number of rotatable bonds is 4. The molecule has 0 radical (unpaired) electrons. The number of likely N-dealkylation sites (tertiary alicyclic amines) is 1. The summed E-state index contributed by atoms with van der Waals surface area (Å²) in [6.07, 6.45) is 1.43. The summed E-state index contributed by atoms with van der Waals surface area (Å²) in [4.78, 5) is 13.8. The van der Waals surface area contributed by atoms with E-state index in [1.807, 2.05) is 19.9 Å². The Kier molecular flexibility index (Phi) is 5.39. The van der Waals surface area contributed by atoms with Gasteiger partial charge in [0.25, 0.3) is 0 Å². The normalized spacial score (nSPS) is 18.7. The van der Waals surface area contributed by atoms with Crippen LogP contribution >= 0.6 is 0 Å². The van der Waals surface area contributed by atoms with E-state index in [9.17, 15) is 13.2 Å². The van der Waals surface area contributed by atoms with Crippen molar-refractivity contribution in [1.82, 2.24) is 9.62 Å². The summed E-state index contributed by atoms with van der Waals surface area (Å²) in [6.45, 7) is 4.69. The fourth-order valence-electron chi connectivity index (χ4n) is 2.71. The Balaban J connectivity index is 2.15. The summed E-state index contributed by atoms with van der Waals surface area (Å²) in [5.74, 6) is -0.0732. The van der Waals surface area contributed by atoms with E-state index in [0.29, 0.717) is 19.5 Å². The average molecular weight is 335 g/mol. The molecule has 0 aromatic heterocycles. The molecule has 124 valence electrons. The summed E-state index contributed by atoms with van der Waals surface area (Å²) in [7, 11) is -3.78. The van der Waals surface area contributed by atoms with Crippen molar-refractivity contribution in [2.45, 2.75) is 37.6 Å². The van der Waals surface area contributed by atoms with Gasteiger partial charge in [-0.25, -0.2) is 13.1 Å². The Morgan fingerprint density at radius 2 is 2.09 bits per heavy atom. The maximum Gasteiger partial charge on any atom is 0.242 e. The number of hydrogen-bond donors (Lipinski definition) is 1. The summed E-state index contributed by atoms with van der Waals surface area (Å²) in [5.41, 5.74) is 0.117. The number of sulfonamides is 1. The number of nitrogens with one attached hydrogen (secondary N) is 1. The Morgan fingerprint density at radius 1 is 1.39 bits per heavy atom. The molecule has 1 aromatic carbocycles. The van der Waals surface area contributed by atoms with Crippen LogP contribution in [0.25, 0.3) is 0 Å². The largest absolute Gasteiger partial charge is 0.341 e. The van der Waals surface area contributed by atoms with E-state index in [0.717, 1.165) is 6.42 Å². The molecule has 0 saturated carbocycles. The first-order valence-electron chi connectivity index (χ1n) is 7.65. The number of piperidine rings is 1. The second-order valence-electron chi connectivity index (χ2n) is 6.01. The Morgan fingerprint density at radius 3 is 2.74 bits per heavy atom. The Hall–Kier alpha value is -1.91. The van der Waals surface area contributed by atoms with Gasteiger partial charge in [-0.1, -0.05) is 26.0 Å². The smallest absolute Gasteiger partial charge is 0.242 e. The lowest BCUT2D eigenvalue weighted by Crippen LogP contribution is -2.50. The number of benzene rings is 1. The van der Waals surface area contributed by atoms with E-state index in [4.69, 9.17) is 5.26 Å². The molecule has 1 aromatic rings. The molecule has 6 nitrogen and oxygen atoms in total. The summed E-state index contributed by atoms with van der Waals surface area (Å²) >= 11 is 0. The first-order chi connectivity index (χ1) is 10.8. The van der Waals surface area contributed by atoms with Gasteiger partial charge in [-0.3, -0.25) is 4.79 Å². The van der Waals surface area contributed by atoms with Crippen LogP contribution in [-0.4, -0.2) is 38.4 Å². The molecule has 23 heavy (non-hydrogen) atoms. The van der Waals surface area contributed by atoms with Crippen LogP contribution in [0.5, 0.6) is 0 Å². The van der Waals surface area contributed by atoms with Crippen LogP contribution in [0.15, 0.2) is 29.2 Å². The molecule has 1 amide bonds. The third-order valence-corrected chi connectivity index (χ3v) is 5.42. The number of nitrogens with zero attached hydrogens (tertiary/aromatic N) is 2. The van der Waals surface area contributed by atoms with Crippen molar-refractivity contribution in [3.8, 4) is 6.07 Å². The van der Waals surface area contributed by atoms with Gasteiger partial charge in [0.1, 0.15) is 6.07 Å². The van der Waals surface area contributed by atoms with Crippen LogP contribution in [0.2, 0.25) is 0 Å². The van der Waals surface area contributed by atoms with Crippen molar-refractivity contribution in [2.75, 3.05) is 13.1 Å². The third kappa shape index (κ3) is 4.09. The van der Waals surface area contributed by atoms with Gasteiger partial charge in [-0.05, 0) is 25.0 Å². The summed E-state index contributed by atoms with van der Waals surface area (Å²) in [6, 6.07) is 7.67. The van der Waals surface area contributed by atoms with Crippen molar-refractivity contribution in [1.29, 1.82) is 5.26 Å². The highest BCUT2D eigenvalue weighted by Crippen LogP contribution is 2.18. The topological polar surface area (TPSA) is 90.3 Å². The van der Waals surface area contributed by atoms with Crippen LogP contribution in [0.3, 0.4) is 0 Å². The minimum Gasteiger partial charge on any atom is -0.341 e. The summed E-state index contributed by atoms with van der Waals surface area (Å²) in [5, 5.41) is 9.07. The molecule has 0 spiro atoms. The Bertz CT molecular complexity index is 722. The first kappa shape index (κ1) is 17.4. The number of amides is 1. The highest BCUT2D eigenvalue weighted by atomic mass is 32.2. The molecule has 0 bridgehead atoms. The molecule has 1 aliphatic rings. The number of nitriles is 1. The second kappa shape index (κ2) is 7.11. The minimum atomic E-state index is -3.78. The van der Waals surface area contributed by atoms with Crippen LogP contribution in [0, 0.1) is 17.2 Å². The fraction of sp³-hybridized carbons (Fsp3) is 0.500. The molecule has 0 aliphatic carbocycles. The number of carbonyl (C=O) groups is 1. The molecular formula is C16H21N3O3S. The SMILES string of the molecule is CC(C)C(=O)N1CCCC(NS(=O)(=O)c2ccccc2C#N)C1. The number of hydrogen-bond acceptors (Lipinski definition) is 4. The molecule has 1 fully saturated rings. The van der Waals surface area contributed by atoms with Crippen LogP contribution < -0.4 is 4.72 Å². The molecule has 1 N–H and O–H groups in total. The predicted octanol–water partition coefficient (Wildman–Crippen LogP) is 1.48. The molecule has 1 saturated heterocycles. The van der Waals surface area contributed by atoms with E-state index >= 15 is 0 Å². The van der Waals surface area contributed by atoms with E-state index in [1.54, 1.807) is 17.0 Å². The minimum absolute atomic E-state index is 0.0187. The van der Waals surface area contributed by atoms with Gasteiger partial charge < -0.3 is 4.90 Å². The highest BCUT2D eigenvalue weighted by molar-refractivity contribution is 7.89. The van der Waals surface area contributed by atoms with Crippen molar-refractivity contribution >= 4 is 15.9 Å². The molecule has 1 unspecified atom stereocenters. The fourth-order valence-corrected chi connectivity index (χ4v) is 4.13. The maximum absolute atomic E-state index is 12.5. The first-order valence-corrected chi connectivity index (χ1v) is 9.13. The number of carbonyl (C=O) groups excluding carboxylic acids is 1. The molecule has 7 heteroatoms. The quantitative estimate of drug-likeness (QED) is 0.902. The van der Waals surface area contributed by atoms with Gasteiger partial charge in [0.05, 0.1) is 10.5 Å². The molecule has 1 aliphatic heterocycles. The van der Waals surface area contributed by atoms with Gasteiger partial charge in [-0.2, -0.15) is 5.26 Å². The van der Waals surface area contributed by atoms with Gasteiger partial charge in [0.2, 0.25) is 15.9 Å². The zero-order valence-electron chi connectivity index (χ0n) is 13.3. The van der Waals surface area contributed by atoms with E-state index < -0.39 is 10.0 Å². The van der Waals surface area contributed by atoms with Crippen LogP contribution in [0.4, 0.5) is 0 Å². The van der Waals surface area contributed by atoms with E-state index in [-0.39, 0.29) is 28.3 Å². The lowest BCUT2D eigenvalue weighted by Gasteiger charge is -2.34. The van der Waals surface area contributed by atoms with Crippen molar-refractivity contribution < 1.29 is 13.2 Å². The molecule has 1 atom stereocenters. The van der Waals surface area contributed by atoms with Crippen LogP contribution in [-0.2, 0) is 14.8 Å². The third-order valence-electron chi connectivity index (χ3n) is 3.85.